The van der Waals surface area contributed by atoms with Gasteiger partial charge in [0.1, 0.15) is 10.3 Å². The van der Waals surface area contributed by atoms with Crippen LogP contribution in [0.1, 0.15) is 33.6 Å². The smallest absolute Gasteiger partial charge is 0.250 e. The minimum absolute atomic E-state index is 0.138. The highest BCUT2D eigenvalue weighted by Crippen LogP contribution is 2.17. The van der Waals surface area contributed by atoms with E-state index in [1.807, 2.05) is 13.8 Å². The lowest BCUT2D eigenvalue weighted by molar-refractivity contribution is -0.123. The van der Waals surface area contributed by atoms with Crippen LogP contribution < -0.4 is 10.0 Å². The Hall–Kier alpha value is -1.00. The summed E-state index contributed by atoms with van der Waals surface area (Å²) < 4.78 is 27.6. The molecule has 1 aliphatic rings. The second-order valence-corrected chi connectivity index (χ2v) is 10.5. The fraction of sp³-hybridized carbons (Fsp3) is 0.737. The van der Waals surface area contributed by atoms with Gasteiger partial charge in [-0.1, -0.05) is 26.8 Å². The van der Waals surface area contributed by atoms with Crippen LogP contribution in [0.5, 0.6) is 0 Å². The van der Waals surface area contributed by atoms with Gasteiger partial charge in [-0.05, 0) is 43.3 Å². The van der Waals surface area contributed by atoms with E-state index in [9.17, 15) is 13.2 Å². The summed E-state index contributed by atoms with van der Waals surface area (Å²) in [5, 5.41) is 4.61. The Morgan fingerprint density at radius 1 is 1.18 bits per heavy atom. The summed E-state index contributed by atoms with van der Waals surface area (Å²) in [5.41, 5.74) is 0. The molecule has 0 saturated carbocycles. The van der Waals surface area contributed by atoms with Gasteiger partial charge in [-0.2, -0.15) is 4.72 Å². The second kappa shape index (κ2) is 11.3. The molecule has 1 fully saturated rings. The standard InChI is InChI=1S/C19H34N4O3S2/c1-4-9-22-11-13-23(14-12-22)10-6-8-20-19(24)18(16(2)3)21-28(25,26)17-7-5-15-27-17/h5,7,15-16,18,21H,4,6,8-14H2,1-3H3,(H,20,24). The van der Waals surface area contributed by atoms with Gasteiger partial charge in [0.15, 0.2) is 0 Å². The molecule has 0 aromatic carbocycles. The van der Waals surface area contributed by atoms with Crippen LogP contribution in [0.2, 0.25) is 0 Å². The topological polar surface area (TPSA) is 81.8 Å². The SMILES string of the molecule is CCCN1CCN(CCCNC(=O)C(NS(=O)(=O)c2cccs2)C(C)C)CC1. The van der Waals surface area contributed by atoms with Crippen molar-refractivity contribution < 1.29 is 13.2 Å². The summed E-state index contributed by atoms with van der Waals surface area (Å²) in [6, 6.07) is 2.46. The predicted octanol–water partition coefficient (Wildman–Crippen LogP) is 1.58. The van der Waals surface area contributed by atoms with Crippen molar-refractivity contribution in [3.8, 4) is 0 Å². The largest absolute Gasteiger partial charge is 0.355 e. The minimum Gasteiger partial charge on any atom is -0.355 e. The molecule has 7 nitrogen and oxygen atoms in total. The van der Waals surface area contributed by atoms with Crippen LogP contribution in [0.15, 0.2) is 21.7 Å². The van der Waals surface area contributed by atoms with E-state index in [1.165, 1.54) is 13.0 Å². The summed E-state index contributed by atoms with van der Waals surface area (Å²) in [6.45, 7) is 12.9. The molecule has 0 spiro atoms. The van der Waals surface area contributed by atoms with Gasteiger partial charge in [-0.3, -0.25) is 4.79 Å². The summed E-state index contributed by atoms with van der Waals surface area (Å²) in [5.74, 6) is -0.399. The summed E-state index contributed by atoms with van der Waals surface area (Å²) >= 11 is 1.14. The molecule has 1 aromatic heterocycles. The zero-order valence-corrected chi connectivity index (χ0v) is 18.8. The first kappa shape index (κ1) is 23.3. The van der Waals surface area contributed by atoms with Crippen molar-refractivity contribution in [1.29, 1.82) is 0 Å². The van der Waals surface area contributed by atoms with Crippen molar-refractivity contribution in [3.05, 3.63) is 17.5 Å². The molecular weight excluding hydrogens is 396 g/mol. The molecule has 1 atom stereocenters. The van der Waals surface area contributed by atoms with E-state index < -0.39 is 16.1 Å². The highest BCUT2D eigenvalue weighted by Gasteiger charge is 2.28. The van der Waals surface area contributed by atoms with Gasteiger partial charge in [-0.25, -0.2) is 8.42 Å². The lowest BCUT2D eigenvalue weighted by Crippen LogP contribution is -2.50. The normalized spacial score (nSPS) is 17.7. The van der Waals surface area contributed by atoms with Crippen molar-refractivity contribution in [1.82, 2.24) is 19.8 Å². The van der Waals surface area contributed by atoms with E-state index in [4.69, 9.17) is 0 Å². The van der Waals surface area contributed by atoms with E-state index in [1.54, 1.807) is 17.5 Å². The average molecular weight is 431 g/mol. The van der Waals surface area contributed by atoms with E-state index >= 15 is 0 Å². The molecule has 160 valence electrons. The Morgan fingerprint density at radius 2 is 1.82 bits per heavy atom. The monoisotopic (exact) mass is 430 g/mol. The van der Waals surface area contributed by atoms with E-state index in [2.05, 4.69) is 26.8 Å². The fourth-order valence-electron chi connectivity index (χ4n) is 3.31. The first-order valence-corrected chi connectivity index (χ1v) is 12.5. The Bertz CT molecular complexity index is 684. The number of piperazine rings is 1. The maximum atomic E-state index is 12.5. The molecule has 2 heterocycles. The summed E-state index contributed by atoms with van der Waals surface area (Å²) in [7, 11) is -3.67. The quantitative estimate of drug-likeness (QED) is 0.521. The molecule has 9 heteroatoms. The van der Waals surface area contributed by atoms with Crippen LogP contribution in [0.25, 0.3) is 0 Å². The number of nitrogens with one attached hydrogen (secondary N) is 2. The van der Waals surface area contributed by atoms with Crippen LogP contribution in [0.3, 0.4) is 0 Å². The molecule has 1 saturated heterocycles. The summed E-state index contributed by atoms with van der Waals surface area (Å²) in [6.07, 6.45) is 2.06. The number of carbonyl (C=O) groups excluding carboxylic acids is 1. The van der Waals surface area contributed by atoms with Crippen LogP contribution >= 0.6 is 11.3 Å². The number of hydrogen-bond donors (Lipinski definition) is 2. The molecule has 0 bridgehead atoms. The van der Waals surface area contributed by atoms with E-state index in [-0.39, 0.29) is 16.0 Å². The second-order valence-electron chi connectivity index (χ2n) is 7.60. The molecule has 1 amide bonds. The number of hydrogen-bond acceptors (Lipinski definition) is 6. The van der Waals surface area contributed by atoms with Gasteiger partial charge in [0.2, 0.25) is 5.91 Å². The molecular formula is C19H34N4O3S2. The van der Waals surface area contributed by atoms with Gasteiger partial charge in [0.25, 0.3) is 10.0 Å². The molecule has 1 aromatic rings. The average Bonchev–Trinajstić information content (AvgIpc) is 3.20. The Morgan fingerprint density at radius 3 is 2.36 bits per heavy atom. The van der Waals surface area contributed by atoms with Crippen molar-refractivity contribution in [2.75, 3.05) is 45.8 Å². The molecule has 2 rings (SSSR count). The molecule has 28 heavy (non-hydrogen) atoms. The zero-order chi connectivity index (χ0) is 20.6. The number of amides is 1. The molecule has 0 aliphatic carbocycles. The summed E-state index contributed by atoms with van der Waals surface area (Å²) in [4.78, 5) is 17.5. The molecule has 1 unspecified atom stereocenters. The third kappa shape index (κ3) is 7.11. The first-order valence-electron chi connectivity index (χ1n) is 10.1. The number of nitrogens with zero attached hydrogens (tertiary/aromatic N) is 2. The molecule has 0 radical (unpaired) electrons. The predicted molar refractivity (Wildman–Crippen MR) is 114 cm³/mol. The number of thiophene rings is 1. The molecule has 2 N–H and O–H groups in total. The van der Waals surface area contributed by atoms with Gasteiger partial charge in [-0.15, -0.1) is 11.3 Å². The lowest BCUT2D eigenvalue weighted by Gasteiger charge is -2.34. The Balaban J connectivity index is 1.74. The third-order valence-corrected chi connectivity index (χ3v) is 7.78. The van der Waals surface area contributed by atoms with Gasteiger partial charge >= 0.3 is 0 Å². The number of sulfonamides is 1. The molecule has 1 aliphatic heterocycles. The Labute approximate surface area is 173 Å². The van der Waals surface area contributed by atoms with Crippen molar-refractivity contribution >= 4 is 27.3 Å². The number of rotatable bonds is 11. The van der Waals surface area contributed by atoms with Crippen LogP contribution in [0.4, 0.5) is 0 Å². The zero-order valence-electron chi connectivity index (χ0n) is 17.2. The van der Waals surface area contributed by atoms with Crippen LogP contribution in [-0.4, -0.2) is 76.0 Å². The highest BCUT2D eigenvalue weighted by molar-refractivity contribution is 7.91. The maximum Gasteiger partial charge on any atom is 0.250 e. The highest BCUT2D eigenvalue weighted by atomic mass is 32.2. The first-order chi connectivity index (χ1) is 13.3. The van der Waals surface area contributed by atoms with Gasteiger partial charge < -0.3 is 15.1 Å². The van der Waals surface area contributed by atoms with Crippen molar-refractivity contribution in [3.63, 3.8) is 0 Å². The van der Waals surface area contributed by atoms with Gasteiger partial charge in [0, 0.05) is 32.7 Å². The third-order valence-electron chi connectivity index (χ3n) is 4.95. The maximum absolute atomic E-state index is 12.5. The van der Waals surface area contributed by atoms with Crippen LogP contribution in [-0.2, 0) is 14.8 Å². The van der Waals surface area contributed by atoms with E-state index in [0.717, 1.165) is 50.5 Å². The fourth-order valence-corrected chi connectivity index (χ4v) is 5.66. The minimum atomic E-state index is -3.67. The van der Waals surface area contributed by atoms with Crippen LogP contribution in [0, 0.1) is 5.92 Å². The van der Waals surface area contributed by atoms with Crippen molar-refractivity contribution in [2.45, 2.75) is 43.9 Å². The van der Waals surface area contributed by atoms with E-state index in [0.29, 0.717) is 6.54 Å². The number of carbonyl (C=O) groups is 1. The Kier molecular flexibility index (Phi) is 9.36. The van der Waals surface area contributed by atoms with Crippen molar-refractivity contribution in [2.24, 2.45) is 5.92 Å². The lowest BCUT2D eigenvalue weighted by atomic mass is 10.1. The van der Waals surface area contributed by atoms with Gasteiger partial charge in [0.05, 0.1) is 0 Å².